The highest BCUT2D eigenvalue weighted by Crippen LogP contribution is 2.28. The van der Waals surface area contributed by atoms with Gasteiger partial charge in [-0.3, -0.25) is 9.59 Å². The van der Waals surface area contributed by atoms with Crippen molar-refractivity contribution in [1.82, 2.24) is 4.90 Å². The van der Waals surface area contributed by atoms with E-state index < -0.39 is 0 Å². The molecule has 132 valence electrons. The molecular weight excluding hydrogens is 320 g/mol. The van der Waals surface area contributed by atoms with E-state index in [-0.39, 0.29) is 18.4 Å². The Morgan fingerprint density at radius 2 is 1.68 bits per heavy atom. The third-order valence-corrected chi connectivity index (χ3v) is 3.66. The number of carbonyl (C=O) groups is 2. The molecule has 2 amide bonds. The number of nitrogens with one attached hydrogen (secondary N) is 1. The number of carbonyl (C=O) groups excluding carboxylic acids is 2. The van der Waals surface area contributed by atoms with Crippen molar-refractivity contribution >= 4 is 17.5 Å². The molecule has 0 aromatic heterocycles. The van der Waals surface area contributed by atoms with Gasteiger partial charge in [-0.1, -0.05) is 24.3 Å². The molecule has 0 aliphatic heterocycles. The molecule has 0 radical (unpaired) electrons. The summed E-state index contributed by atoms with van der Waals surface area (Å²) in [6.45, 7) is 1.72. The summed E-state index contributed by atoms with van der Waals surface area (Å²) < 4.78 is 10.5. The van der Waals surface area contributed by atoms with E-state index in [1.165, 1.54) is 11.8 Å². The molecule has 6 nitrogen and oxygen atoms in total. The van der Waals surface area contributed by atoms with Gasteiger partial charge in [0.15, 0.2) is 11.5 Å². The number of benzene rings is 2. The fraction of sp³-hybridized carbons (Fsp3) is 0.263. The van der Waals surface area contributed by atoms with Gasteiger partial charge in [0.25, 0.3) is 0 Å². The van der Waals surface area contributed by atoms with Crippen LogP contribution in [-0.2, 0) is 16.1 Å². The molecule has 1 N–H and O–H groups in total. The lowest BCUT2D eigenvalue weighted by Gasteiger charge is -2.21. The third-order valence-electron chi connectivity index (χ3n) is 3.66. The number of hydrogen-bond donors (Lipinski definition) is 1. The summed E-state index contributed by atoms with van der Waals surface area (Å²) in [5, 5.41) is 2.78. The van der Waals surface area contributed by atoms with Gasteiger partial charge in [0.2, 0.25) is 11.8 Å². The lowest BCUT2D eigenvalue weighted by molar-refractivity contribution is -0.133. The van der Waals surface area contributed by atoms with Crippen molar-refractivity contribution in [3.8, 4) is 11.5 Å². The number of nitrogens with zero attached hydrogens (tertiary/aromatic N) is 1. The second-order valence-corrected chi connectivity index (χ2v) is 5.48. The molecule has 0 atom stereocenters. The molecule has 2 aromatic rings. The van der Waals surface area contributed by atoms with Crippen molar-refractivity contribution in [3.63, 3.8) is 0 Å². The van der Waals surface area contributed by atoms with E-state index in [1.54, 1.807) is 38.5 Å². The normalized spacial score (nSPS) is 10.0. The Morgan fingerprint density at radius 1 is 1.00 bits per heavy atom. The van der Waals surface area contributed by atoms with Crippen molar-refractivity contribution in [3.05, 3.63) is 54.1 Å². The van der Waals surface area contributed by atoms with E-state index in [1.807, 2.05) is 24.3 Å². The molecule has 0 aliphatic carbocycles. The van der Waals surface area contributed by atoms with Crippen LogP contribution in [0.5, 0.6) is 11.5 Å². The first-order valence-electron chi connectivity index (χ1n) is 7.84. The Bertz CT molecular complexity index is 731. The van der Waals surface area contributed by atoms with E-state index >= 15 is 0 Å². The second-order valence-electron chi connectivity index (χ2n) is 5.48. The molecule has 2 aromatic carbocycles. The smallest absolute Gasteiger partial charge is 0.244 e. The zero-order valence-electron chi connectivity index (χ0n) is 14.6. The monoisotopic (exact) mass is 342 g/mol. The molecule has 2 rings (SSSR count). The Morgan fingerprint density at radius 3 is 2.28 bits per heavy atom. The van der Waals surface area contributed by atoms with Crippen molar-refractivity contribution in [2.24, 2.45) is 0 Å². The average Bonchev–Trinajstić information content (AvgIpc) is 2.61. The summed E-state index contributed by atoms with van der Waals surface area (Å²) in [4.78, 5) is 25.6. The van der Waals surface area contributed by atoms with Gasteiger partial charge in [-0.25, -0.2) is 0 Å². The molecular formula is C19H22N2O4. The predicted octanol–water partition coefficient (Wildman–Crippen LogP) is 2.69. The number of hydrogen-bond acceptors (Lipinski definition) is 4. The lowest BCUT2D eigenvalue weighted by Crippen LogP contribution is -2.36. The van der Waals surface area contributed by atoms with Gasteiger partial charge < -0.3 is 19.7 Å². The number of anilines is 1. The fourth-order valence-corrected chi connectivity index (χ4v) is 2.37. The third kappa shape index (κ3) is 5.24. The topological polar surface area (TPSA) is 67.9 Å². The molecule has 0 saturated heterocycles. The van der Waals surface area contributed by atoms with Crippen LogP contribution in [0.25, 0.3) is 0 Å². The molecule has 0 heterocycles. The highest BCUT2D eigenvalue weighted by atomic mass is 16.5. The van der Waals surface area contributed by atoms with Gasteiger partial charge in [-0.15, -0.1) is 0 Å². The molecule has 0 unspecified atom stereocenters. The van der Waals surface area contributed by atoms with Crippen LogP contribution in [0.4, 0.5) is 5.69 Å². The first-order chi connectivity index (χ1) is 12.0. The van der Waals surface area contributed by atoms with Crippen LogP contribution in [0.3, 0.4) is 0 Å². The molecule has 0 saturated carbocycles. The van der Waals surface area contributed by atoms with Gasteiger partial charge in [-0.05, 0) is 29.8 Å². The lowest BCUT2D eigenvalue weighted by atomic mass is 10.2. The largest absolute Gasteiger partial charge is 0.493 e. The summed E-state index contributed by atoms with van der Waals surface area (Å²) in [5.74, 6) is 0.763. The van der Waals surface area contributed by atoms with Crippen LogP contribution in [0.15, 0.2) is 48.5 Å². The standard InChI is InChI=1S/C19H22N2O4/c1-14(22)21(13-19(23)20-16-7-5-4-6-8-16)12-15-9-10-17(24-2)18(11-15)25-3/h4-11H,12-13H2,1-3H3,(H,20,23). The van der Waals surface area contributed by atoms with Crippen LogP contribution in [0.2, 0.25) is 0 Å². The molecule has 25 heavy (non-hydrogen) atoms. The quantitative estimate of drug-likeness (QED) is 0.840. The first-order valence-corrected chi connectivity index (χ1v) is 7.84. The summed E-state index contributed by atoms with van der Waals surface area (Å²) in [6, 6.07) is 14.5. The predicted molar refractivity (Wildman–Crippen MR) is 95.7 cm³/mol. The maximum absolute atomic E-state index is 12.2. The minimum Gasteiger partial charge on any atom is -0.493 e. The second kappa shape index (κ2) is 8.73. The Hall–Kier alpha value is -3.02. The molecule has 6 heteroatoms. The summed E-state index contributed by atoms with van der Waals surface area (Å²) >= 11 is 0. The minimum absolute atomic E-state index is 0.0292. The minimum atomic E-state index is -0.248. The van der Waals surface area contributed by atoms with Crippen LogP contribution in [0, 0.1) is 0 Å². The Labute approximate surface area is 147 Å². The highest BCUT2D eigenvalue weighted by molar-refractivity contribution is 5.94. The molecule has 0 bridgehead atoms. The number of methoxy groups -OCH3 is 2. The van der Waals surface area contributed by atoms with Crippen LogP contribution < -0.4 is 14.8 Å². The average molecular weight is 342 g/mol. The van der Waals surface area contributed by atoms with Crippen LogP contribution in [0.1, 0.15) is 12.5 Å². The van der Waals surface area contributed by atoms with E-state index in [4.69, 9.17) is 9.47 Å². The Balaban J connectivity index is 2.05. The van der Waals surface area contributed by atoms with Gasteiger partial charge in [0, 0.05) is 19.2 Å². The zero-order valence-corrected chi connectivity index (χ0v) is 14.6. The van der Waals surface area contributed by atoms with E-state index in [2.05, 4.69) is 5.32 Å². The number of para-hydroxylation sites is 1. The summed E-state index contributed by atoms with van der Waals surface area (Å²) in [5.41, 5.74) is 1.54. The SMILES string of the molecule is COc1ccc(CN(CC(=O)Nc2ccccc2)C(C)=O)cc1OC. The van der Waals surface area contributed by atoms with Crippen molar-refractivity contribution in [2.75, 3.05) is 26.1 Å². The van der Waals surface area contributed by atoms with E-state index in [9.17, 15) is 9.59 Å². The van der Waals surface area contributed by atoms with Gasteiger partial charge >= 0.3 is 0 Å². The molecule has 0 fully saturated rings. The fourth-order valence-electron chi connectivity index (χ4n) is 2.37. The van der Waals surface area contributed by atoms with Crippen LogP contribution in [-0.4, -0.2) is 37.5 Å². The van der Waals surface area contributed by atoms with Crippen LogP contribution >= 0.6 is 0 Å². The maximum Gasteiger partial charge on any atom is 0.244 e. The van der Waals surface area contributed by atoms with Gasteiger partial charge in [0.1, 0.15) is 6.54 Å². The number of amides is 2. The first kappa shape index (κ1) is 18.3. The van der Waals surface area contributed by atoms with Crippen molar-refractivity contribution in [1.29, 1.82) is 0 Å². The van der Waals surface area contributed by atoms with Gasteiger partial charge in [0.05, 0.1) is 14.2 Å². The zero-order chi connectivity index (χ0) is 18.2. The molecule has 0 spiro atoms. The summed E-state index contributed by atoms with van der Waals surface area (Å²) in [7, 11) is 3.12. The van der Waals surface area contributed by atoms with Crippen molar-refractivity contribution in [2.45, 2.75) is 13.5 Å². The Kier molecular flexibility index (Phi) is 6.39. The van der Waals surface area contributed by atoms with Crippen molar-refractivity contribution < 1.29 is 19.1 Å². The summed E-state index contributed by atoms with van der Waals surface area (Å²) in [6.07, 6.45) is 0. The number of rotatable bonds is 7. The highest BCUT2D eigenvalue weighted by Gasteiger charge is 2.15. The molecule has 0 aliphatic rings. The maximum atomic E-state index is 12.2. The van der Waals surface area contributed by atoms with Gasteiger partial charge in [-0.2, -0.15) is 0 Å². The number of ether oxygens (including phenoxy) is 2. The van der Waals surface area contributed by atoms with E-state index in [0.717, 1.165) is 5.56 Å². The van der Waals surface area contributed by atoms with E-state index in [0.29, 0.717) is 23.7 Å².